The summed E-state index contributed by atoms with van der Waals surface area (Å²) in [5.41, 5.74) is 0.462. The van der Waals surface area contributed by atoms with E-state index in [0.29, 0.717) is 5.41 Å². The Kier molecular flexibility index (Phi) is 3.97. The first kappa shape index (κ1) is 13.4. The Morgan fingerprint density at radius 2 is 2.11 bits per heavy atom. The van der Waals surface area contributed by atoms with Crippen molar-refractivity contribution in [2.24, 2.45) is 5.41 Å². The first-order valence-electron chi connectivity index (χ1n) is 6.34. The second-order valence-corrected chi connectivity index (χ2v) is 5.48. The Morgan fingerprint density at radius 3 is 2.67 bits per heavy atom. The van der Waals surface area contributed by atoms with Gasteiger partial charge in [0.2, 0.25) is 0 Å². The Balaban J connectivity index is 1.85. The summed E-state index contributed by atoms with van der Waals surface area (Å²) in [5.74, 6) is -1.32. The maximum absolute atomic E-state index is 13.4. The van der Waals surface area contributed by atoms with Gasteiger partial charge in [-0.25, -0.2) is 8.78 Å². The number of nitrogens with one attached hydrogen (secondary N) is 1. The van der Waals surface area contributed by atoms with Crippen molar-refractivity contribution in [3.63, 3.8) is 0 Å². The summed E-state index contributed by atoms with van der Waals surface area (Å²) >= 11 is 0. The highest BCUT2D eigenvalue weighted by atomic mass is 19.1. The second-order valence-electron chi connectivity index (χ2n) is 5.48. The summed E-state index contributed by atoms with van der Waals surface area (Å²) in [5, 5.41) is 13.0. The van der Waals surface area contributed by atoms with Crippen molar-refractivity contribution < 1.29 is 13.9 Å². The van der Waals surface area contributed by atoms with E-state index in [9.17, 15) is 13.9 Å². The molecule has 2 rings (SSSR count). The lowest BCUT2D eigenvalue weighted by atomic mass is 9.70. The van der Waals surface area contributed by atoms with Gasteiger partial charge >= 0.3 is 0 Å². The molecule has 4 heteroatoms. The largest absolute Gasteiger partial charge is 0.387 e. The van der Waals surface area contributed by atoms with Crippen LogP contribution >= 0.6 is 0 Å². The van der Waals surface area contributed by atoms with Gasteiger partial charge in [0.1, 0.15) is 11.6 Å². The summed E-state index contributed by atoms with van der Waals surface area (Å²) < 4.78 is 26.1. The number of aliphatic hydroxyl groups excluding tert-OH is 1. The molecule has 2 N–H and O–H groups in total. The van der Waals surface area contributed by atoms with E-state index in [1.54, 1.807) is 0 Å². The molecule has 1 aliphatic carbocycles. The molecule has 1 aliphatic rings. The Morgan fingerprint density at radius 1 is 1.39 bits per heavy atom. The number of benzene rings is 1. The fraction of sp³-hybridized carbons (Fsp3) is 0.571. The van der Waals surface area contributed by atoms with E-state index in [1.165, 1.54) is 25.3 Å². The van der Waals surface area contributed by atoms with Gasteiger partial charge in [-0.15, -0.1) is 0 Å². The van der Waals surface area contributed by atoms with Gasteiger partial charge in [0.25, 0.3) is 0 Å². The number of rotatable bonds is 5. The van der Waals surface area contributed by atoms with E-state index in [1.807, 2.05) is 0 Å². The van der Waals surface area contributed by atoms with Crippen LogP contribution in [0.2, 0.25) is 0 Å². The Labute approximate surface area is 106 Å². The molecular weight excluding hydrogens is 236 g/mol. The molecule has 0 saturated heterocycles. The first-order chi connectivity index (χ1) is 8.50. The van der Waals surface area contributed by atoms with Crippen molar-refractivity contribution in [2.75, 3.05) is 13.1 Å². The third-order valence-electron chi connectivity index (χ3n) is 3.77. The fourth-order valence-corrected chi connectivity index (χ4v) is 2.35. The molecular formula is C14H19F2NO. The molecule has 0 aliphatic heterocycles. The molecule has 1 atom stereocenters. The van der Waals surface area contributed by atoms with E-state index in [0.717, 1.165) is 18.7 Å². The van der Waals surface area contributed by atoms with Crippen LogP contribution in [-0.4, -0.2) is 18.2 Å². The van der Waals surface area contributed by atoms with Gasteiger partial charge in [0.05, 0.1) is 6.10 Å². The monoisotopic (exact) mass is 255 g/mol. The van der Waals surface area contributed by atoms with Crippen molar-refractivity contribution >= 4 is 0 Å². The average Bonchev–Trinajstić information content (AvgIpc) is 2.26. The zero-order valence-electron chi connectivity index (χ0n) is 10.5. The SMILES string of the molecule is CC1(CNCC(O)c2ccc(F)cc2F)CCC1. The summed E-state index contributed by atoms with van der Waals surface area (Å²) in [7, 11) is 0. The van der Waals surface area contributed by atoms with Crippen LogP contribution < -0.4 is 5.32 Å². The summed E-state index contributed by atoms with van der Waals surface area (Å²) in [4.78, 5) is 0. The van der Waals surface area contributed by atoms with Crippen molar-refractivity contribution in [2.45, 2.75) is 32.3 Å². The van der Waals surface area contributed by atoms with Crippen LogP contribution in [0.3, 0.4) is 0 Å². The average molecular weight is 255 g/mol. The molecule has 0 bridgehead atoms. The Bertz CT molecular complexity index is 418. The van der Waals surface area contributed by atoms with Gasteiger partial charge in [0.15, 0.2) is 0 Å². The van der Waals surface area contributed by atoms with E-state index in [4.69, 9.17) is 0 Å². The second kappa shape index (κ2) is 5.33. The molecule has 1 aromatic carbocycles. The molecule has 0 aromatic heterocycles. The zero-order chi connectivity index (χ0) is 13.2. The van der Waals surface area contributed by atoms with E-state index >= 15 is 0 Å². The summed E-state index contributed by atoms with van der Waals surface area (Å²) in [6.07, 6.45) is 2.71. The number of aliphatic hydroxyl groups is 1. The van der Waals surface area contributed by atoms with Gasteiger partial charge in [-0.3, -0.25) is 0 Å². The molecule has 0 heterocycles. The lowest BCUT2D eigenvalue weighted by molar-refractivity contribution is 0.131. The van der Waals surface area contributed by atoms with Crippen LogP contribution in [-0.2, 0) is 0 Å². The molecule has 100 valence electrons. The predicted molar refractivity (Wildman–Crippen MR) is 66.1 cm³/mol. The molecule has 2 nitrogen and oxygen atoms in total. The van der Waals surface area contributed by atoms with Gasteiger partial charge < -0.3 is 10.4 Å². The lowest BCUT2D eigenvalue weighted by Crippen LogP contribution is -2.38. The van der Waals surface area contributed by atoms with Crippen molar-refractivity contribution in [3.8, 4) is 0 Å². The number of hydrogen-bond donors (Lipinski definition) is 2. The fourth-order valence-electron chi connectivity index (χ4n) is 2.35. The molecule has 0 radical (unpaired) electrons. The smallest absolute Gasteiger partial charge is 0.131 e. The standard InChI is InChI=1S/C14H19F2NO/c1-14(5-2-6-14)9-17-8-13(18)11-4-3-10(15)7-12(11)16/h3-4,7,13,17-18H,2,5-6,8-9H2,1H3. The van der Waals surface area contributed by atoms with Crippen LogP contribution in [0.5, 0.6) is 0 Å². The van der Waals surface area contributed by atoms with Gasteiger partial charge in [-0.1, -0.05) is 19.4 Å². The quantitative estimate of drug-likeness (QED) is 0.848. The summed E-state index contributed by atoms with van der Waals surface area (Å²) in [6, 6.07) is 3.25. The summed E-state index contributed by atoms with van der Waals surface area (Å²) in [6.45, 7) is 3.32. The van der Waals surface area contributed by atoms with Crippen molar-refractivity contribution in [1.29, 1.82) is 0 Å². The Hall–Kier alpha value is -1.00. The van der Waals surface area contributed by atoms with Crippen molar-refractivity contribution in [3.05, 3.63) is 35.4 Å². The normalized spacial score (nSPS) is 19.3. The maximum atomic E-state index is 13.4. The van der Waals surface area contributed by atoms with Gasteiger partial charge in [0, 0.05) is 24.7 Å². The topological polar surface area (TPSA) is 32.3 Å². The van der Waals surface area contributed by atoms with Crippen LogP contribution in [0.15, 0.2) is 18.2 Å². The lowest BCUT2D eigenvalue weighted by Gasteiger charge is -2.38. The maximum Gasteiger partial charge on any atom is 0.131 e. The van der Waals surface area contributed by atoms with E-state index in [2.05, 4.69) is 12.2 Å². The predicted octanol–water partition coefficient (Wildman–Crippen LogP) is 2.78. The molecule has 0 spiro atoms. The van der Waals surface area contributed by atoms with Crippen LogP contribution in [0.4, 0.5) is 8.78 Å². The molecule has 0 amide bonds. The van der Waals surface area contributed by atoms with Crippen molar-refractivity contribution in [1.82, 2.24) is 5.32 Å². The number of halogens is 2. The van der Waals surface area contributed by atoms with Crippen LogP contribution in [0.1, 0.15) is 37.9 Å². The molecule has 1 fully saturated rings. The van der Waals surface area contributed by atoms with Gasteiger partial charge in [-0.2, -0.15) is 0 Å². The molecule has 1 aromatic rings. The highest BCUT2D eigenvalue weighted by Crippen LogP contribution is 2.39. The third kappa shape index (κ3) is 3.06. The third-order valence-corrected chi connectivity index (χ3v) is 3.77. The van der Waals surface area contributed by atoms with E-state index < -0.39 is 17.7 Å². The minimum absolute atomic E-state index is 0.141. The number of hydrogen-bond acceptors (Lipinski definition) is 2. The first-order valence-corrected chi connectivity index (χ1v) is 6.34. The minimum atomic E-state index is -0.936. The highest BCUT2D eigenvalue weighted by Gasteiger charge is 2.31. The highest BCUT2D eigenvalue weighted by molar-refractivity contribution is 5.21. The van der Waals surface area contributed by atoms with E-state index in [-0.39, 0.29) is 12.1 Å². The van der Waals surface area contributed by atoms with Crippen LogP contribution in [0.25, 0.3) is 0 Å². The molecule has 1 saturated carbocycles. The zero-order valence-corrected chi connectivity index (χ0v) is 10.5. The van der Waals surface area contributed by atoms with Gasteiger partial charge in [-0.05, 0) is 24.3 Å². The molecule has 1 unspecified atom stereocenters. The van der Waals surface area contributed by atoms with Crippen LogP contribution in [0, 0.1) is 17.0 Å². The molecule has 18 heavy (non-hydrogen) atoms. The minimum Gasteiger partial charge on any atom is -0.387 e.